The topological polar surface area (TPSA) is 105 Å². The average molecular weight is 335 g/mol. The van der Waals surface area contributed by atoms with Gasteiger partial charge in [0.25, 0.3) is 0 Å². The quantitative estimate of drug-likeness (QED) is 0.796. The lowest BCUT2D eigenvalue weighted by Gasteiger charge is -2.23. The largest absolute Gasteiger partial charge is 0.369 e. The van der Waals surface area contributed by atoms with Crippen LogP contribution in [0.5, 0.6) is 0 Å². The fourth-order valence-corrected chi connectivity index (χ4v) is 3.69. The third kappa shape index (κ3) is 3.90. The number of hydrogen-bond acceptors (Lipinski definition) is 6. The Balaban J connectivity index is 1.79. The van der Waals surface area contributed by atoms with Gasteiger partial charge < -0.3 is 10.3 Å². The molecule has 0 radical (unpaired) electrons. The molecule has 1 saturated carbocycles. The van der Waals surface area contributed by atoms with E-state index in [1.54, 1.807) is 18.1 Å². The van der Waals surface area contributed by atoms with Gasteiger partial charge in [-0.1, -0.05) is 31.0 Å². The molecule has 0 atom stereocenters. The zero-order valence-electron chi connectivity index (χ0n) is 13.2. The van der Waals surface area contributed by atoms with E-state index in [9.17, 15) is 4.79 Å². The molecule has 0 aromatic carbocycles. The van der Waals surface area contributed by atoms with Gasteiger partial charge in [0.15, 0.2) is 11.0 Å². The van der Waals surface area contributed by atoms with Crippen LogP contribution < -0.4 is 5.73 Å². The SMILES string of the molecule is Cn1cnnc1SCc1nc(CC(N)=O)nn1C1CCCCC1. The highest BCUT2D eigenvalue weighted by molar-refractivity contribution is 7.98. The van der Waals surface area contributed by atoms with Crippen LogP contribution in [-0.4, -0.2) is 35.4 Å². The van der Waals surface area contributed by atoms with E-state index in [0.717, 1.165) is 23.8 Å². The molecule has 1 amide bonds. The van der Waals surface area contributed by atoms with E-state index in [0.29, 0.717) is 17.6 Å². The molecular formula is C14H21N7OS. The van der Waals surface area contributed by atoms with Gasteiger partial charge in [0, 0.05) is 7.05 Å². The zero-order chi connectivity index (χ0) is 16.2. The summed E-state index contributed by atoms with van der Waals surface area (Å²) in [5, 5.41) is 13.3. The lowest BCUT2D eigenvalue weighted by molar-refractivity contribution is -0.117. The van der Waals surface area contributed by atoms with Crippen molar-refractivity contribution < 1.29 is 4.79 Å². The van der Waals surface area contributed by atoms with Gasteiger partial charge in [-0.25, -0.2) is 9.67 Å². The summed E-state index contributed by atoms with van der Waals surface area (Å²) in [7, 11) is 1.91. The Morgan fingerprint density at radius 3 is 2.83 bits per heavy atom. The number of hydrogen-bond donors (Lipinski definition) is 1. The fourth-order valence-electron chi connectivity index (χ4n) is 2.88. The Labute approximate surface area is 138 Å². The minimum atomic E-state index is -0.404. The number of nitrogens with zero attached hydrogens (tertiary/aromatic N) is 6. The van der Waals surface area contributed by atoms with Gasteiger partial charge >= 0.3 is 0 Å². The molecule has 0 saturated heterocycles. The number of rotatable bonds is 6. The predicted molar refractivity (Wildman–Crippen MR) is 85.6 cm³/mol. The van der Waals surface area contributed by atoms with Crippen LogP contribution in [0.1, 0.15) is 49.8 Å². The summed E-state index contributed by atoms with van der Waals surface area (Å²) in [6.45, 7) is 0. The first-order chi connectivity index (χ1) is 11.1. The summed E-state index contributed by atoms with van der Waals surface area (Å²) in [5.74, 6) is 1.63. The molecular weight excluding hydrogens is 314 g/mol. The molecule has 0 bridgehead atoms. The summed E-state index contributed by atoms with van der Waals surface area (Å²) in [5.41, 5.74) is 5.28. The molecule has 2 heterocycles. The first-order valence-electron chi connectivity index (χ1n) is 7.83. The number of amides is 1. The third-order valence-electron chi connectivity index (χ3n) is 4.00. The van der Waals surface area contributed by atoms with E-state index in [1.807, 2.05) is 16.3 Å². The Kier molecular flexibility index (Phi) is 4.94. The van der Waals surface area contributed by atoms with Crippen molar-refractivity contribution in [3.05, 3.63) is 18.0 Å². The van der Waals surface area contributed by atoms with Gasteiger partial charge in [-0.3, -0.25) is 4.79 Å². The minimum absolute atomic E-state index is 0.0847. The minimum Gasteiger partial charge on any atom is -0.369 e. The van der Waals surface area contributed by atoms with Crippen molar-refractivity contribution in [3.63, 3.8) is 0 Å². The van der Waals surface area contributed by atoms with Crippen LogP contribution in [-0.2, 0) is 24.0 Å². The molecule has 1 aliphatic rings. The zero-order valence-corrected chi connectivity index (χ0v) is 14.0. The fraction of sp³-hybridized carbons (Fsp3) is 0.643. The highest BCUT2D eigenvalue weighted by atomic mass is 32.2. The van der Waals surface area contributed by atoms with Crippen molar-refractivity contribution in [2.24, 2.45) is 12.8 Å². The number of primary amides is 1. The molecule has 3 rings (SSSR count). The van der Waals surface area contributed by atoms with Crippen LogP contribution in [0.3, 0.4) is 0 Å². The summed E-state index contributed by atoms with van der Waals surface area (Å²) < 4.78 is 3.87. The number of aromatic nitrogens is 6. The third-order valence-corrected chi connectivity index (χ3v) is 5.03. The molecule has 0 spiro atoms. The van der Waals surface area contributed by atoms with Gasteiger partial charge in [-0.2, -0.15) is 5.10 Å². The van der Waals surface area contributed by atoms with E-state index in [1.165, 1.54) is 19.3 Å². The molecule has 1 aliphatic carbocycles. The second-order valence-electron chi connectivity index (χ2n) is 5.84. The Morgan fingerprint density at radius 2 is 2.17 bits per heavy atom. The first-order valence-corrected chi connectivity index (χ1v) is 8.81. The van der Waals surface area contributed by atoms with E-state index >= 15 is 0 Å². The highest BCUT2D eigenvalue weighted by Gasteiger charge is 2.22. The van der Waals surface area contributed by atoms with Crippen LogP contribution in [0.4, 0.5) is 0 Å². The van der Waals surface area contributed by atoms with Gasteiger partial charge in [0.05, 0.1) is 18.2 Å². The van der Waals surface area contributed by atoms with Gasteiger partial charge in [0.2, 0.25) is 5.91 Å². The molecule has 2 aromatic heterocycles. The van der Waals surface area contributed by atoms with Crippen molar-refractivity contribution in [1.29, 1.82) is 0 Å². The summed E-state index contributed by atoms with van der Waals surface area (Å²) in [6, 6.07) is 0.368. The lowest BCUT2D eigenvalue weighted by atomic mass is 9.96. The Morgan fingerprint density at radius 1 is 1.39 bits per heavy atom. The van der Waals surface area contributed by atoms with Gasteiger partial charge in [-0.05, 0) is 12.8 Å². The molecule has 23 heavy (non-hydrogen) atoms. The Hall–Kier alpha value is -1.90. The van der Waals surface area contributed by atoms with E-state index in [-0.39, 0.29) is 6.42 Å². The van der Waals surface area contributed by atoms with E-state index < -0.39 is 5.91 Å². The average Bonchev–Trinajstić information content (AvgIpc) is 3.11. The first kappa shape index (κ1) is 16.0. The van der Waals surface area contributed by atoms with Crippen molar-refractivity contribution in [2.75, 3.05) is 0 Å². The summed E-state index contributed by atoms with van der Waals surface area (Å²) >= 11 is 1.57. The molecule has 124 valence electrons. The van der Waals surface area contributed by atoms with Gasteiger partial charge in [0.1, 0.15) is 12.2 Å². The van der Waals surface area contributed by atoms with Crippen molar-refractivity contribution >= 4 is 17.7 Å². The molecule has 0 unspecified atom stereocenters. The van der Waals surface area contributed by atoms with Crippen LogP contribution in [0.15, 0.2) is 11.5 Å². The molecule has 9 heteroatoms. The smallest absolute Gasteiger partial charge is 0.225 e. The molecule has 2 aromatic rings. The lowest BCUT2D eigenvalue weighted by Crippen LogP contribution is -2.17. The number of aryl methyl sites for hydroxylation is 1. The van der Waals surface area contributed by atoms with Crippen LogP contribution in [0.25, 0.3) is 0 Å². The maximum Gasteiger partial charge on any atom is 0.225 e. The van der Waals surface area contributed by atoms with E-state index in [4.69, 9.17) is 5.73 Å². The maximum absolute atomic E-state index is 11.2. The van der Waals surface area contributed by atoms with Crippen molar-refractivity contribution in [2.45, 2.75) is 55.5 Å². The normalized spacial score (nSPS) is 15.9. The van der Waals surface area contributed by atoms with E-state index in [2.05, 4.69) is 20.3 Å². The van der Waals surface area contributed by atoms with Crippen molar-refractivity contribution in [3.8, 4) is 0 Å². The second kappa shape index (κ2) is 7.12. The van der Waals surface area contributed by atoms with Gasteiger partial charge in [-0.15, -0.1) is 10.2 Å². The standard InChI is InChI=1S/C14H21N7OS/c1-20-9-16-18-14(20)23-8-13-17-12(7-11(15)22)19-21(13)10-5-3-2-4-6-10/h9-10H,2-8H2,1H3,(H2,15,22). The van der Waals surface area contributed by atoms with Crippen molar-refractivity contribution in [1.82, 2.24) is 29.5 Å². The van der Waals surface area contributed by atoms with Crippen LogP contribution >= 0.6 is 11.8 Å². The Bertz CT molecular complexity index is 674. The number of carbonyl (C=O) groups excluding carboxylic acids is 1. The molecule has 8 nitrogen and oxygen atoms in total. The highest BCUT2D eigenvalue weighted by Crippen LogP contribution is 2.30. The molecule has 1 fully saturated rings. The van der Waals surface area contributed by atoms with Crippen LogP contribution in [0.2, 0.25) is 0 Å². The second-order valence-corrected chi connectivity index (χ2v) is 6.78. The summed E-state index contributed by atoms with van der Waals surface area (Å²) in [4.78, 5) is 15.7. The number of nitrogens with two attached hydrogens (primary N) is 1. The monoisotopic (exact) mass is 335 g/mol. The molecule has 0 aliphatic heterocycles. The molecule has 2 N–H and O–H groups in total. The van der Waals surface area contributed by atoms with Crippen LogP contribution in [0, 0.1) is 0 Å². The summed E-state index contributed by atoms with van der Waals surface area (Å²) in [6.07, 6.45) is 7.69. The number of carbonyl (C=O) groups is 1. The predicted octanol–water partition coefficient (Wildman–Crippen LogP) is 1.23. The number of thioether (sulfide) groups is 1. The maximum atomic E-state index is 11.2.